The Morgan fingerprint density at radius 2 is 1.11 bits per heavy atom. The van der Waals surface area contributed by atoms with Crippen LogP contribution in [0.2, 0.25) is 0 Å². The van der Waals surface area contributed by atoms with Crippen molar-refractivity contribution in [2.45, 2.75) is 30.0 Å². The average molecular weight is 386 g/mol. The van der Waals surface area contributed by atoms with Crippen LogP contribution in [0.15, 0.2) is 58.8 Å². The fourth-order valence-corrected chi connectivity index (χ4v) is 3.25. The molecule has 2 aliphatic heterocycles. The second kappa shape index (κ2) is 5.54. The highest BCUT2D eigenvalue weighted by Gasteiger charge is 2.58. The number of alkyl halides is 6. The van der Waals surface area contributed by atoms with E-state index >= 15 is 0 Å². The minimum atomic E-state index is -4.49. The van der Waals surface area contributed by atoms with Gasteiger partial charge >= 0.3 is 12.4 Å². The minimum absolute atomic E-state index is 0.219. The summed E-state index contributed by atoms with van der Waals surface area (Å²) in [5.41, 5.74) is -2.85. The number of epoxide rings is 1. The van der Waals surface area contributed by atoms with Crippen molar-refractivity contribution in [3.8, 4) is 0 Å². The molecule has 1 spiro atoms. The smallest absolute Gasteiger partial charge is 0.345 e. The van der Waals surface area contributed by atoms with Gasteiger partial charge < -0.3 is 4.74 Å². The van der Waals surface area contributed by atoms with Gasteiger partial charge in [0.05, 0.1) is 11.1 Å². The molecule has 2 aromatic carbocycles. The lowest BCUT2D eigenvalue weighted by Crippen LogP contribution is -2.26. The van der Waals surface area contributed by atoms with E-state index in [9.17, 15) is 26.3 Å². The molecule has 0 aromatic heterocycles. The van der Waals surface area contributed by atoms with Crippen molar-refractivity contribution in [1.82, 2.24) is 0 Å². The third-order valence-electron chi connectivity index (χ3n) is 4.79. The summed E-state index contributed by atoms with van der Waals surface area (Å²) in [5, 5.41) is 8.33. The molecule has 1 atom stereocenters. The molecule has 1 fully saturated rings. The molecule has 2 aromatic rings. The maximum atomic E-state index is 12.8. The predicted molar refractivity (Wildman–Crippen MR) is 81.8 cm³/mol. The first-order chi connectivity index (χ1) is 12.5. The molecule has 142 valence electrons. The molecule has 4 rings (SSSR count). The lowest BCUT2D eigenvalue weighted by molar-refractivity contribution is -0.138. The standard InChI is InChI=1S/C18H12F6N2O/c19-17(20,21)13-5-1-11(2-6-13)16(9-15(10-27-15)25-26-16)12-3-7-14(8-4-12)18(22,23)24/h1-8H,9-10H2. The normalized spacial score (nSPS) is 23.8. The molecule has 2 aliphatic rings. The number of azo groups is 1. The third-order valence-corrected chi connectivity index (χ3v) is 4.79. The quantitative estimate of drug-likeness (QED) is 0.493. The summed E-state index contributed by atoms with van der Waals surface area (Å²) < 4.78 is 82.3. The van der Waals surface area contributed by atoms with Gasteiger partial charge in [-0.15, -0.1) is 0 Å². The average Bonchev–Trinajstić information content (AvgIpc) is 3.25. The van der Waals surface area contributed by atoms with E-state index in [2.05, 4.69) is 10.2 Å². The Morgan fingerprint density at radius 3 is 1.41 bits per heavy atom. The summed E-state index contributed by atoms with van der Waals surface area (Å²) in [6.45, 7) is 0.319. The van der Waals surface area contributed by atoms with Gasteiger partial charge in [0, 0.05) is 6.42 Å². The van der Waals surface area contributed by atoms with Crippen molar-refractivity contribution in [3.63, 3.8) is 0 Å². The van der Waals surface area contributed by atoms with E-state index < -0.39 is 34.7 Å². The summed E-state index contributed by atoms with van der Waals surface area (Å²) in [7, 11) is 0. The molecule has 2 heterocycles. The van der Waals surface area contributed by atoms with Crippen molar-refractivity contribution in [2.75, 3.05) is 6.61 Å². The Kier molecular flexibility index (Phi) is 3.69. The van der Waals surface area contributed by atoms with Gasteiger partial charge in [-0.05, 0) is 35.4 Å². The predicted octanol–water partition coefficient (Wildman–Crippen LogP) is 5.55. The minimum Gasteiger partial charge on any atom is -0.345 e. The van der Waals surface area contributed by atoms with Crippen LogP contribution in [0.25, 0.3) is 0 Å². The van der Waals surface area contributed by atoms with Gasteiger partial charge in [0.25, 0.3) is 0 Å². The van der Waals surface area contributed by atoms with Crippen molar-refractivity contribution >= 4 is 0 Å². The zero-order valence-corrected chi connectivity index (χ0v) is 13.6. The first-order valence-corrected chi connectivity index (χ1v) is 7.98. The molecule has 0 aliphatic carbocycles. The molecule has 1 saturated heterocycles. The van der Waals surface area contributed by atoms with E-state index in [0.717, 1.165) is 24.3 Å². The largest absolute Gasteiger partial charge is 0.416 e. The molecule has 0 saturated carbocycles. The first kappa shape index (κ1) is 18.0. The third kappa shape index (κ3) is 3.09. The number of ether oxygens (including phenoxy) is 1. The van der Waals surface area contributed by atoms with Crippen molar-refractivity contribution in [2.24, 2.45) is 10.2 Å². The monoisotopic (exact) mass is 386 g/mol. The molecule has 0 N–H and O–H groups in total. The Hall–Kier alpha value is -2.42. The number of halogens is 6. The maximum absolute atomic E-state index is 12.8. The summed E-state index contributed by atoms with van der Waals surface area (Å²) >= 11 is 0. The van der Waals surface area contributed by atoms with Gasteiger partial charge in [0.1, 0.15) is 12.1 Å². The number of benzene rings is 2. The van der Waals surface area contributed by atoms with Gasteiger partial charge in [0.2, 0.25) is 5.72 Å². The van der Waals surface area contributed by atoms with Crippen LogP contribution >= 0.6 is 0 Å². The van der Waals surface area contributed by atoms with Crippen molar-refractivity contribution < 1.29 is 31.1 Å². The van der Waals surface area contributed by atoms with Crippen LogP contribution in [0.5, 0.6) is 0 Å². The van der Waals surface area contributed by atoms with E-state index in [1.54, 1.807) is 0 Å². The van der Waals surface area contributed by atoms with Crippen LogP contribution < -0.4 is 0 Å². The first-order valence-electron chi connectivity index (χ1n) is 7.98. The van der Waals surface area contributed by atoms with Gasteiger partial charge in [0.15, 0.2) is 0 Å². The highest BCUT2D eigenvalue weighted by molar-refractivity contribution is 5.43. The van der Waals surface area contributed by atoms with E-state index in [-0.39, 0.29) is 6.42 Å². The topological polar surface area (TPSA) is 37.2 Å². The van der Waals surface area contributed by atoms with Crippen LogP contribution in [-0.4, -0.2) is 12.3 Å². The van der Waals surface area contributed by atoms with Crippen molar-refractivity contribution in [1.29, 1.82) is 0 Å². The van der Waals surface area contributed by atoms with Crippen LogP contribution in [-0.2, 0) is 22.6 Å². The zero-order chi connectivity index (χ0) is 19.5. The molecular weight excluding hydrogens is 374 g/mol. The molecule has 0 amide bonds. The Labute approximate surface area is 149 Å². The maximum Gasteiger partial charge on any atom is 0.416 e. The Balaban J connectivity index is 1.77. The molecule has 9 heteroatoms. The Bertz CT molecular complexity index is 823. The summed E-state index contributed by atoms with van der Waals surface area (Å²) in [6.07, 6.45) is -8.76. The summed E-state index contributed by atoms with van der Waals surface area (Å²) in [6, 6.07) is 8.82. The van der Waals surface area contributed by atoms with Crippen molar-refractivity contribution in [3.05, 3.63) is 70.8 Å². The van der Waals surface area contributed by atoms with E-state index in [1.165, 1.54) is 24.3 Å². The molecule has 27 heavy (non-hydrogen) atoms. The number of hydrogen-bond donors (Lipinski definition) is 0. The van der Waals surface area contributed by atoms with Gasteiger partial charge in [-0.1, -0.05) is 24.3 Å². The van der Waals surface area contributed by atoms with Crippen LogP contribution in [0.4, 0.5) is 26.3 Å². The number of hydrogen-bond acceptors (Lipinski definition) is 3. The highest BCUT2D eigenvalue weighted by Crippen LogP contribution is 2.53. The SMILES string of the molecule is FC(F)(F)c1ccc(C2(c3ccc(C(F)(F)F)cc3)CC3(CO3)N=N2)cc1. The van der Waals surface area contributed by atoms with Gasteiger partial charge in [-0.2, -0.15) is 36.6 Å². The van der Waals surface area contributed by atoms with Crippen LogP contribution in [0.3, 0.4) is 0 Å². The fourth-order valence-electron chi connectivity index (χ4n) is 3.25. The zero-order valence-electron chi connectivity index (χ0n) is 13.6. The van der Waals surface area contributed by atoms with Gasteiger partial charge in [-0.3, -0.25) is 0 Å². The summed E-state index contributed by atoms with van der Waals surface area (Å²) in [4.78, 5) is 0. The van der Waals surface area contributed by atoms with Crippen LogP contribution in [0, 0.1) is 0 Å². The molecule has 1 unspecified atom stereocenters. The molecule has 0 bridgehead atoms. The number of nitrogens with zero attached hydrogens (tertiary/aromatic N) is 2. The summed E-state index contributed by atoms with van der Waals surface area (Å²) in [5.74, 6) is 0. The molecule has 3 nitrogen and oxygen atoms in total. The Morgan fingerprint density at radius 1 is 0.704 bits per heavy atom. The molecule has 0 radical (unpaired) electrons. The van der Waals surface area contributed by atoms with Crippen LogP contribution in [0.1, 0.15) is 28.7 Å². The van der Waals surface area contributed by atoms with E-state index in [4.69, 9.17) is 4.74 Å². The van der Waals surface area contributed by atoms with E-state index in [1.807, 2.05) is 0 Å². The fraction of sp³-hybridized carbons (Fsp3) is 0.333. The highest BCUT2D eigenvalue weighted by atomic mass is 19.4. The van der Waals surface area contributed by atoms with Gasteiger partial charge in [-0.25, -0.2) is 0 Å². The lowest BCUT2D eigenvalue weighted by Gasteiger charge is -2.27. The van der Waals surface area contributed by atoms with E-state index in [0.29, 0.717) is 17.7 Å². The second-order valence-corrected chi connectivity index (χ2v) is 6.62. The number of rotatable bonds is 2. The lowest BCUT2D eigenvalue weighted by atomic mass is 9.79. The second-order valence-electron chi connectivity index (χ2n) is 6.62. The molecular formula is C18H12F6N2O.